The molecule has 1 aliphatic heterocycles. The van der Waals surface area contributed by atoms with E-state index in [1.54, 1.807) is 0 Å². The Bertz CT molecular complexity index is 233. The van der Waals surface area contributed by atoms with Crippen molar-refractivity contribution in [3.8, 4) is 11.8 Å². The number of aliphatic hydroxyl groups excluding tert-OH is 1. The summed E-state index contributed by atoms with van der Waals surface area (Å²) < 4.78 is 10.9. The van der Waals surface area contributed by atoms with E-state index < -0.39 is 0 Å². The first-order valence-electron chi connectivity index (χ1n) is 6.07. The van der Waals surface area contributed by atoms with Gasteiger partial charge in [-0.25, -0.2) is 0 Å². The summed E-state index contributed by atoms with van der Waals surface area (Å²) >= 11 is 0. The van der Waals surface area contributed by atoms with Crippen LogP contribution in [0.15, 0.2) is 0 Å². The average molecular weight is 226 g/mol. The highest BCUT2D eigenvalue weighted by Gasteiger charge is 2.12. The fourth-order valence-electron chi connectivity index (χ4n) is 1.44. The van der Waals surface area contributed by atoms with Crippen molar-refractivity contribution in [1.82, 2.24) is 0 Å². The Morgan fingerprint density at radius 2 is 2.19 bits per heavy atom. The van der Waals surface area contributed by atoms with Crippen LogP contribution in [0, 0.1) is 17.8 Å². The molecule has 0 radical (unpaired) electrons. The number of aliphatic hydroxyl groups is 1. The molecule has 0 amide bonds. The highest BCUT2D eigenvalue weighted by Crippen LogP contribution is 2.13. The Kier molecular flexibility index (Phi) is 6.47. The minimum atomic E-state index is -0.335. The van der Waals surface area contributed by atoms with Crippen molar-refractivity contribution in [1.29, 1.82) is 0 Å². The zero-order chi connectivity index (χ0) is 11.8. The Morgan fingerprint density at radius 1 is 1.38 bits per heavy atom. The molecule has 3 nitrogen and oxygen atoms in total. The third-order valence-electron chi connectivity index (χ3n) is 2.69. The van der Waals surface area contributed by atoms with Gasteiger partial charge < -0.3 is 14.6 Å². The Hall–Kier alpha value is -0.560. The molecule has 92 valence electrons. The van der Waals surface area contributed by atoms with E-state index >= 15 is 0 Å². The second-order valence-corrected chi connectivity index (χ2v) is 4.48. The quantitative estimate of drug-likeness (QED) is 0.745. The van der Waals surface area contributed by atoms with Crippen molar-refractivity contribution in [3.63, 3.8) is 0 Å². The van der Waals surface area contributed by atoms with E-state index in [1.807, 2.05) is 13.8 Å². The number of rotatable bonds is 4. The van der Waals surface area contributed by atoms with Gasteiger partial charge in [0.25, 0.3) is 0 Å². The molecule has 0 spiro atoms. The van der Waals surface area contributed by atoms with Crippen molar-refractivity contribution in [2.45, 2.75) is 51.9 Å². The van der Waals surface area contributed by atoms with Gasteiger partial charge >= 0.3 is 0 Å². The first-order valence-corrected chi connectivity index (χ1v) is 6.07. The van der Waals surface area contributed by atoms with Gasteiger partial charge in [0.15, 0.2) is 6.29 Å². The van der Waals surface area contributed by atoms with Crippen LogP contribution in [0.2, 0.25) is 0 Å². The summed E-state index contributed by atoms with van der Waals surface area (Å²) in [6.45, 7) is 5.16. The molecule has 16 heavy (non-hydrogen) atoms. The molecule has 1 aliphatic rings. The van der Waals surface area contributed by atoms with Gasteiger partial charge in [0.2, 0.25) is 0 Å². The number of hydrogen-bond donors (Lipinski definition) is 1. The summed E-state index contributed by atoms with van der Waals surface area (Å²) in [6.07, 6.45) is 3.38. The summed E-state index contributed by atoms with van der Waals surface area (Å²) in [5.41, 5.74) is 0. The second-order valence-electron chi connectivity index (χ2n) is 4.48. The van der Waals surface area contributed by atoms with Gasteiger partial charge in [-0.05, 0) is 25.2 Å². The van der Waals surface area contributed by atoms with Crippen molar-refractivity contribution in [3.05, 3.63) is 0 Å². The van der Waals surface area contributed by atoms with Crippen molar-refractivity contribution < 1.29 is 14.6 Å². The first-order chi connectivity index (χ1) is 7.70. The monoisotopic (exact) mass is 226 g/mol. The summed E-state index contributed by atoms with van der Waals surface area (Å²) in [5.74, 6) is 6.09. The normalized spacial score (nSPS) is 22.6. The van der Waals surface area contributed by atoms with Gasteiger partial charge in [-0.15, -0.1) is 0 Å². The van der Waals surface area contributed by atoms with Crippen LogP contribution in [0.25, 0.3) is 0 Å². The highest BCUT2D eigenvalue weighted by molar-refractivity contribution is 5.00. The minimum Gasteiger partial charge on any atom is -0.392 e. The van der Waals surface area contributed by atoms with Gasteiger partial charge in [-0.1, -0.05) is 25.7 Å². The van der Waals surface area contributed by atoms with E-state index in [1.165, 1.54) is 6.42 Å². The Labute approximate surface area is 98.1 Å². The lowest BCUT2D eigenvalue weighted by atomic mass is 10.1. The Morgan fingerprint density at radius 3 is 2.81 bits per heavy atom. The standard InChI is InChI=1S/C13H22O3/c1-11(2)12(14)7-3-5-9-15-13-8-4-6-10-16-13/h11-14H,4,6-10H2,1-2H3. The Balaban J connectivity index is 2.07. The largest absolute Gasteiger partial charge is 0.392 e. The van der Waals surface area contributed by atoms with Gasteiger partial charge in [-0.2, -0.15) is 0 Å². The molecule has 1 fully saturated rings. The molecule has 2 atom stereocenters. The van der Waals surface area contributed by atoms with E-state index in [9.17, 15) is 5.11 Å². The zero-order valence-electron chi connectivity index (χ0n) is 10.2. The van der Waals surface area contributed by atoms with Crippen LogP contribution in [0.1, 0.15) is 39.5 Å². The summed E-state index contributed by atoms with van der Waals surface area (Å²) in [7, 11) is 0. The van der Waals surface area contributed by atoms with Crippen LogP contribution in [0.3, 0.4) is 0 Å². The molecule has 2 unspecified atom stereocenters. The predicted octanol–water partition coefficient (Wildman–Crippen LogP) is 1.94. The van der Waals surface area contributed by atoms with Gasteiger partial charge in [0, 0.05) is 13.0 Å². The molecule has 1 saturated heterocycles. The van der Waals surface area contributed by atoms with E-state index in [0.29, 0.717) is 13.0 Å². The van der Waals surface area contributed by atoms with Crippen LogP contribution in [0.5, 0.6) is 0 Å². The maximum atomic E-state index is 9.51. The lowest BCUT2D eigenvalue weighted by molar-refractivity contribution is -0.154. The van der Waals surface area contributed by atoms with Crippen molar-refractivity contribution >= 4 is 0 Å². The van der Waals surface area contributed by atoms with Gasteiger partial charge in [-0.3, -0.25) is 0 Å². The maximum absolute atomic E-state index is 9.51. The van der Waals surface area contributed by atoms with E-state index in [2.05, 4.69) is 11.8 Å². The third kappa shape index (κ3) is 5.50. The smallest absolute Gasteiger partial charge is 0.158 e. The van der Waals surface area contributed by atoms with E-state index in [-0.39, 0.29) is 18.3 Å². The summed E-state index contributed by atoms with van der Waals surface area (Å²) in [6, 6.07) is 0. The zero-order valence-corrected chi connectivity index (χ0v) is 10.2. The summed E-state index contributed by atoms with van der Waals surface area (Å²) in [4.78, 5) is 0. The maximum Gasteiger partial charge on any atom is 0.158 e. The molecular weight excluding hydrogens is 204 g/mol. The molecule has 3 heteroatoms. The van der Waals surface area contributed by atoms with Crippen LogP contribution >= 0.6 is 0 Å². The van der Waals surface area contributed by atoms with Crippen molar-refractivity contribution in [2.75, 3.05) is 13.2 Å². The molecule has 0 aromatic heterocycles. The fraction of sp³-hybridized carbons (Fsp3) is 0.846. The van der Waals surface area contributed by atoms with Crippen LogP contribution in [-0.4, -0.2) is 30.7 Å². The molecule has 0 bridgehead atoms. The van der Waals surface area contributed by atoms with Gasteiger partial charge in [0.1, 0.15) is 6.61 Å². The van der Waals surface area contributed by atoms with Crippen LogP contribution in [0.4, 0.5) is 0 Å². The van der Waals surface area contributed by atoms with E-state index in [4.69, 9.17) is 9.47 Å². The van der Waals surface area contributed by atoms with E-state index in [0.717, 1.165) is 19.4 Å². The molecule has 1 rings (SSSR count). The SMILES string of the molecule is CC(C)C(O)CC#CCOC1CCCCO1. The lowest BCUT2D eigenvalue weighted by Crippen LogP contribution is -2.22. The average Bonchev–Trinajstić information content (AvgIpc) is 2.29. The molecule has 0 aromatic carbocycles. The number of ether oxygens (including phenoxy) is 2. The minimum absolute atomic E-state index is 0.0712. The van der Waals surface area contributed by atoms with Crippen molar-refractivity contribution in [2.24, 2.45) is 5.92 Å². The molecule has 0 aromatic rings. The first kappa shape index (κ1) is 13.5. The topological polar surface area (TPSA) is 38.7 Å². The highest BCUT2D eigenvalue weighted by atomic mass is 16.7. The van der Waals surface area contributed by atoms with Gasteiger partial charge in [0.05, 0.1) is 6.10 Å². The summed E-state index contributed by atoms with van der Waals surface area (Å²) in [5, 5.41) is 9.51. The lowest BCUT2D eigenvalue weighted by Gasteiger charge is -2.21. The third-order valence-corrected chi connectivity index (χ3v) is 2.69. The second kappa shape index (κ2) is 7.67. The van der Waals surface area contributed by atoms with Crippen LogP contribution < -0.4 is 0 Å². The van der Waals surface area contributed by atoms with Crippen LogP contribution in [-0.2, 0) is 9.47 Å². The molecule has 1 N–H and O–H groups in total. The molecule has 0 saturated carbocycles. The molecular formula is C13H22O3. The fourth-order valence-corrected chi connectivity index (χ4v) is 1.44. The molecule has 0 aliphatic carbocycles. The predicted molar refractivity (Wildman–Crippen MR) is 62.8 cm³/mol. The molecule has 1 heterocycles. The number of hydrogen-bond acceptors (Lipinski definition) is 3.